The van der Waals surface area contributed by atoms with Crippen LogP contribution in [0.3, 0.4) is 0 Å². The van der Waals surface area contributed by atoms with Crippen LogP contribution < -0.4 is 0 Å². The van der Waals surface area contributed by atoms with Crippen LogP contribution in [0.2, 0.25) is 0 Å². The van der Waals surface area contributed by atoms with Gasteiger partial charge in [0, 0.05) is 19.4 Å². The van der Waals surface area contributed by atoms with Gasteiger partial charge < -0.3 is 14.2 Å². The second-order valence-electron chi connectivity index (χ2n) is 19.5. The van der Waals surface area contributed by atoms with E-state index in [1.54, 1.807) is 0 Å². The van der Waals surface area contributed by atoms with Crippen LogP contribution in [0.5, 0.6) is 0 Å². The van der Waals surface area contributed by atoms with Crippen LogP contribution >= 0.6 is 0 Å². The molecule has 0 aromatic rings. The molecule has 0 heterocycles. The molecule has 0 aliphatic rings. The van der Waals surface area contributed by atoms with Crippen LogP contribution in [-0.2, 0) is 23.8 Å². The van der Waals surface area contributed by atoms with Crippen molar-refractivity contribution in [2.75, 3.05) is 19.8 Å². The summed E-state index contributed by atoms with van der Waals surface area (Å²) in [6.07, 6.45) is 81.5. The molecule has 0 spiro atoms. The lowest BCUT2D eigenvalue weighted by atomic mass is 10.1. The Bertz CT molecular complexity index is 1330. The normalized spacial score (nSPS) is 12.9. The Kier molecular flexibility index (Phi) is 57.4. The van der Waals surface area contributed by atoms with Crippen LogP contribution in [0.1, 0.15) is 278 Å². The molecule has 0 bridgehead atoms. The Hall–Kier alpha value is -3.18. The first kappa shape index (κ1) is 66.8. The molecule has 0 saturated carbocycles. The Morgan fingerprint density at radius 1 is 0.329 bits per heavy atom. The fourth-order valence-electron chi connectivity index (χ4n) is 8.16. The Morgan fingerprint density at radius 3 is 1.04 bits per heavy atom. The predicted molar refractivity (Wildman–Crippen MR) is 306 cm³/mol. The van der Waals surface area contributed by atoms with Crippen molar-refractivity contribution in [3.8, 4) is 0 Å². The van der Waals surface area contributed by atoms with Crippen molar-refractivity contribution in [2.24, 2.45) is 0 Å². The zero-order valence-corrected chi connectivity index (χ0v) is 46.3. The first-order valence-electron chi connectivity index (χ1n) is 29.8. The minimum Gasteiger partial charge on any atom is -0.462 e. The molecule has 5 nitrogen and oxygen atoms in total. The largest absolute Gasteiger partial charge is 0.462 e. The third-order valence-corrected chi connectivity index (χ3v) is 12.6. The van der Waals surface area contributed by atoms with Crippen molar-refractivity contribution in [3.05, 3.63) is 97.2 Å². The van der Waals surface area contributed by atoms with Crippen LogP contribution in [0.4, 0.5) is 0 Å². The highest BCUT2D eigenvalue weighted by Gasteiger charge is 2.17. The lowest BCUT2D eigenvalue weighted by Crippen LogP contribution is -2.30. The van der Waals surface area contributed by atoms with E-state index < -0.39 is 6.10 Å². The fraction of sp³-hybridized carbons (Fsp3) is 0.723. The molecule has 0 N–H and O–H groups in total. The Morgan fingerprint density at radius 2 is 0.643 bits per heavy atom. The van der Waals surface area contributed by atoms with E-state index in [1.165, 1.54) is 154 Å². The summed E-state index contributed by atoms with van der Waals surface area (Å²) in [6.45, 7) is 7.58. The molecule has 0 aliphatic carbocycles. The van der Waals surface area contributed by atoms with E-state index in [0.717, 1.165) is 89.9 Å². The average Bonchev–Trinajstić information content (AvgIpc) is 3.36. The molecule has 5 heteroatoms. The zero-order chi connectivity index (χ0) is 50.6. The van der Waals surface area contributed by atoms with Gasteiger partial charge in [-0.1, -0.05) is 246 Å². The highest BCUT2D eigenvalue weighted by Crippen LogP contribution is 2.15. The highest BCUT2D eigenvalue weighted by atomic mass is 16.6. The zero-order valence-electron chi connectivity index (χ0n) is 46.3. The molecular formula is C65H112O5. The molecule has 0 aromatic carbocycles. The van der Waals surface area contributed by atoms with Gasteiger partial charge in [0.25, 0.3) is 0 Å². The smallest absolute Gasteiger partial charge is 0.306 e. The quantitative estimate of drug-likeness (QED) is 0.0345. The Labute approximate surface area is 434 Å². The van der Waals surface area contributed by atoms with Gasteiger partial charge in [-0.25, -0.2) is 0 Å². The molecule has 0 fully saturated rings. The molecule has 0 rings (SSSR count). The summed E-state index contributed by atoms with van der Waals surface area (Å²) in [7, 11) is 0. The summed E-state index contributed by atoms with van der Waals surface area (Å²) in [5.74, 6) is -0.435. The minimum atomic E-state index is -0.576. The van der Waals surface area contributed by atoms with Crippen LogP contribution in [0.15, 0.2) is 97.2 Å². The topological polar surface area (TPSA) is 61.8 Å². The molecule has 0 aliphatic heterocycles. The Balaban J connectivity index is 4.40. The number of allylic oxidation sites excluding steroid dienone is 16. The predicted octanol–water partition coefficient (Wildman–Crippen LogP) is 20.6. The molecule has 402 valence electrons. The van der Waals surface area contributed by atoms with E-state index in [0.29, 0.717) is 19.4 Å². The van der Waals surface area contributed by atoms with Gasteiger partial charge in [-0.2, -0.15) is 0 Å². The number of ether oxygens (including phenoxy) is 3. The number of rotatable bonds is 54. The third kappa shape index (κ3) is 57.4. The first-order valence-corrected chi connectivity index (χ1v) is 29.8. The maximum atomic E-state index is 12.9. The van der Waals surface area contributed by atoms with Gasteiger partial charge in [-0.3, -0.25) is 9.59 Å². The van der Waals surface area contributed by atoms with Crippen LogP contribution in [0.25, 0.3) is 0 Å². The summed E-state index contributed by atoms with van der Waals surface area (Å²) in [5, 5.41) is 0. The van der Waals surface area contributed by atoms with Crippen molar-refractivity contribution < 1.29 is 23.8 Å². The van der Waals surface area contributed by atoms with Crippen molar-refractivity contribution in [3.63, 3.8) is 0 Å². The molecule has 1 atom stereocenters. The molecule has 0 aromatic heterocycles. The second-order valence-corrected chi connectivity index (χ2v) is 19.5. The molecule has 70 heavy (non-hydrogen) atoms. The number of hydrogen-bond acceptors (Lipinski definition) is 5. The van der Waals surface area contributed by atoms with Crippen LogP contribution in [0, 0.1) is 0 Å². The summed E-state index contributed by atoms with van der Waals surface area (Å²) >= 11 is 0. The van der Waals surface area contributed by atoms with Crippen molar-refractivity contribution in [2.45, 2.75) is 284 Å². The molecule has 0 saturated heterocycles. The monoisotopic (exact) mass is 973 g/mol. The number of hydrogen-bond donors (Lipinski definition) is 0. The van der Waals surface area contributed by atoms with Crippen LogP contribution in [-0.4, -0.2) is 37.9 Å². The van der Waals surface area contributed by atoms with E-state index in [4.69, 9.17) is 14.2 Å². The van der Waals surface area contributed by atoms with Crippen molar-refractivity contribution >= 4 is 11.9 Å². The molecule has 0 radical (unpaired) electrons. The summed E-state index contributed by atoms with van der Waals surface area (Å²) in [6, 6.07) is 0. The number of carbonyl (C=O) groups is 2. The first-order chi connectivity index (χ1) is 34.6. The number of carbonyl (C=O) groups excluding carboxylic acids is 2. The SMILES string of the molecule is CC/C=C\C/C=C\C/C=C\C/C=C\C/C=C\C/C=C\CCCOCC(COC(=O)CCCCCCCCC/C=C\CCCCCCCC)OC(=O)CCCCCCCCC/C=C\CCCCCCCC. The van der Waals surface area contributed by atoms with E-state index in [1.807, 2.05) is 0 Å². The van der Waals surface area contributed by atoms with Gasteiger partial charge in [0.1, 0.15) is 6.61 Å². The molecule has 1 unspecified atom stereocenters. The highest BCUT2D eigenvalue weighted by molar-refractivity contribution is 5.70. The van der Waals surface area contributed by atoms with E-state index >= 15 is 0 Å². The van der Waals surface area contributed by atoms with Gasteiger partial charge in [0.05, 0.1) is 6.61 Å². The lowest BCUT2D eigenvalue weighted by Gasteiger charge is -2.18. The standard InChI is InChI=1S/C65H112O5/c1-4-7-10-13-16-19-22-25-28-31-32-33-36-39-42-45-48-51-54-57-60-68-61-63(70-65(67)59-56-53-50-47-44-41-38-35-30-27-24-21-18-15-12-9-6-3)62-69-64(66)58-55-52-49-46-43-40-37-34-29-26-23-20-17-14-11-8-5-2/h7,10,16,19,25-30,32-33,39,42,48,51,63H,4-6,8-9,11-15,17-18,20-24,31,34-38,40-41,43-47,49-50,52-62H2,1-3H3/b10-7-,19-16-,28-25-,29-26-,30-27-,33-32-,42-39-,51-48-. The maximum absolute atomic E-state index is 12.9. The van der Waals surface area contributed by atoms with Gasteiger partial charge >= 0.3 is 11.9 Å². The van der Waals surface area contributed by atoms with Gasteiger partial charge in [-0.05, 0) is 116 Å². The summed E-state index contributed by atoms with van der Waals surface area (Å²) in [4.78, 5) is 25.6. The van der Waals surface area contributed by atoms with Gasteiger partial charge in [0.15, 0.2) is 6.10 Å². The fourth-order valence-corrected chi connectivity index (χ4v) is 8.16. The number of unbranched alkanes of at least 4 members (excludes halogenated alkanes) is 27. The summed E-state index contributed by atoms with van der Waals surface area (Å²) < 4.78 is 17.4. The average molecular weight is 974 g/mol. The lowest BCUT2D eigenvalue weighted by molar-refractivity contribution is -0.163. The molecule has 0 amide bonds. The van der Waals surface area contributed by atoms with Crippen molar-refractivity contribution in [1.29, 1.82) is 0 Å². The summed E-state index contributed by atoms with van der Waals surface area (Å²) in [5.41, 5.74) is 0. The van der Waals surface area contributed by atoms with E-state index in [2.05, 4.69) is 118 Å². The maximum Gasteiger partial charge on any atom is 0.306 e. The van der Waals surface area contributed by atoms with E-state index in [-0.39, 0.29) is 25.2 Å². The third-order valence-electron chi connectivity index (χ3n) is 12.6. The van der Waals surface area contributed by atoms with Crippen molar-refractivity contribution in [1.82, 2.24) is 0 Å². The minimum absolute atomic E-state index is 0.0549. The van der Waals surface area contributed by atoms with Gasteiger partial charge in [0.2, 0.25) is 0 Å². The van der Waals surface area contributed by atoms with E-state index in [9.17, 15) is 9.59 Å². The number of esters is 2. The molecular weight excluding hydrogens is 861 g/mol. The second kappa shape index (κ2) is 60.1. The van der Waals surface area contributed by atoms with Gasteiger partial charge in [-0.15, -0.1) is 0 Å².